The number of aromatic amines is 1. The van der Waals surface area contributed by atoms with Crippen molar-refractivity contribution in [1.29, 1.82) is 0 Å². The van der Waals surface area contributed by atoms with Crippen LogP contribution in [-0.4, -0.2) is 35.4 Å². The lowest BCUT2D eigenvalue weighted by Crippen LogP contribution is -2.30. The molecule has 0 spiro atoms. The standard InChI is InChI=1S/C13H12F4N4O2/c14-8-3-1-2-4-9(8)18-5-6-23-11-7-10(20-21-11)19-12(22)13(15,16)17/h1-4,7,18H,5-6H2,(H2,19,20,21,22). The number of hydrogen-bond acceptors (Lipinski definition) is 4. The van der Waals surface area contributed by atoms with Crippen molar-refractivity contribution in [3.05, 3.63) is 36.1 Å². The summed E-state index contributed by atoms with van der Waals surface area (Å²) in [5.41, 5.74) is 0.302. The van der Waals surface area contributed by atoms with Crippen LogP contribution in [0, 0.1) is 5.82 Å². The van der Waals surface area contributed by atoms with Crippen LogP contribution in [0.5, 0.6) is 5.88 Å². The summed E-state index contributed by atoms with van der Waals surface area (Å²) >= 11 is 0. The summed E-state index contributed by atoms with van der Waals surface area (Å²) in [7, 11) is 0. The molecule has 0 aliphatic rings. The number of nitrogens with one attached hydrogen (secondary N) is 3. The molecule has 124 valence electrons. The third-order valence-corrected chi connectivity index (χ3v) is 2.60. The fourth-order valence-electron chi connectivity index (χ4n) is 1.58. The Balaban J connectivity index is 1.77. The summed E-state index contributed by atoms with van der Waals surface area (Å²) in [5.74, 6) is -2.78. The van der Waals surface area contributed by atoms with E-state index in [2.05, 4.69) is 15.5 Å². The van der Waals surface area contributed by atoms with E-state index in [0.717, 1.165) is 6.07 Å². The monoisotopic (exact) mass is 332 g/mol. The molecule has 23 heavy (non-hydrogen) atoms. The maximum absolute atomic E-state index is 13.3. The maximum Gasteiger partial charge on any atom is 0.471 e. The molecule has 1 aromatic heterocycles. The fraction of sp³-hybridized carbons (Fsp3) is 0.231. The maximum atomic E-state index is 13.3. The van der Waals surface area contributed by atoms with Gasteiger partial charge in [-0.2, -0.15) is 13.2 Å². The molecule has 3 N–H and O–H groups in total. The Morgan fingerprint density at radius 2 is 2.04 bits per heavy atom. The molecular formula is C13H12F4N4O2. The molecule has 0 saturated heterocycles. The van der Waals surface area contributed by atoms with Crippen LogP contribution < -0.4 is 15.4 Å². The highest BCUT2D eigenvalue weighted by Gasteiger charge is 2.39. The van der Waals surface area contributed by atoms with Gasteiger partial charge < -0.3 is 15.4 Å². The van der Waals surface area contributed by atoms with Gasteiger partial charge in [0.05, 0.1) is 5.69 Å². The van der Waals surface area contributed by atoms with E-state index >= 15 is 0 Å². The summed E-state index contributed by atoms with van der Waals surface area (Å²) in [6, 6.07) is 7.17. The Morgan fingerprint density at radius 3 is 2.74 bits per heavy atom. The lowest BCUT2D eigenvalue weighted by Gasteiger charge is -2.07. The van der Waals surface area contributed by atoms with Crippen LogP contribution in [-0.2, 0) is 4.79 Å². The number of nitrogens with zero attached hydrogens (tertiary/aromatic N) is 1. The molecule has 0 radical (unpaired) electrons. The predicted octanol–water partition coefficient (Wildman–Crippen LogP) is 2.54. The number of hydrogen-bond donors (Lipinski definition) is 3. The Kier molecular flexibility index (Phi) is 5.04. The van der Waals surface area contributed by atoms with Gasteiger partial charge in [-0.25, -0.2) is 4.39 Å². The zero-order valence-corrected chi connectivity index (χ0v) is 11.6. The van der Waals surface area contributed by atoms with E-state index in [1.54, 1.807) is 23.5 Å². The van der Waals surface area contributed by atoms with Crippen molar-refractivity contribution in [1.82, 2.24) is 10.2 Å². The summed E-state index contributed by atoms with van der Waals surface area (Å²) in [6.07, 6.45) is -4.99. The van der Waals surface area contributed by atoms with E-state index < -0.39 is 17.9 Å². The van der Waals surface area contributed by atoms with Crippen molar-refractivity contribution in [2.24, 2.45) is 0 Å². The first-order valence-electron chi connectivity index (χ1n) is 6.41. The first kappa shape index (κ1) is 16.6. The molecular weight excluding hydrogens is 320 g/mol. The van der Waals surface area contributed by atoms with Gasteiger partial charge in [0.2, 0.25) is 5.88 Å². The number of rotatable bonds is 6. The molecule has 10 heteroatoms. The van der Waals surface area contributed by atoms with Gasteiger partial charge in [-0.1, -0.05) is 12.1 Å². The van der Waals surface area contributed by atoms with Crippen molar-refractivity contribution >= 4 is 17.4 Å². The SMILES string of the molecule is O=C(Nc1cc(OCCNc2ccccc2F)n[nH]1)C(F)(F)F. The zero-order valence-electron chi connectivity index (χ0n) is 11.6. The van der Waals surface area contributed by atoms with Crippen LogP contribution in [0.3, 0.4) is 0 Å². The second-order valence-electron chi connectivity index (χ2n) is 4.33. The summed E-state index contributed by atoms with van der Waals surface area (Å²) in [5, 5.41) is 10.2. The van der Waals surface area contributed by atoms with E-state index in [1.807, 2.05) is 0 Å². The topological polar surface area (TPSA) is 79.0 Å². The molecule has 0 aliphatic heterocycles. The molecule has 1 aromatic carbocycles. The van der Waals surface area contributed by atoms with Gasteiger partial charge in [-0.05, 0) is 12.1 Å². The van der Waals surface area contributed by atoms with Gasteiger partial charge in [-0.15, -0.1) is 5.10 Å². The average Bonchev–Trinajstić information content (AvgIpc) is 2.92. The van der Waals surface area contributed by atoms with E-state index in [4.69, 9.17) is 4.74 Å². The minimum Gasteiger partial charge on any atom is -0.475 e. The Hall–Kier alpha value is -2.78. The summed E-state index contributed by atoms with van der Waals surface area (Å²) in [6.45, 7) is 0.337. The smallest absolute Gasteiger partial charge is 0.471 e. The molecule has 0 fully saturated rings. The predicted molar refractivity (Wildman–Crippen MR) is 73.7 cm³/mol. The van der Waals surface area contributed by atoms with Crippen molar-refractivity contribution in [3.63, 3.8) is 0 Å². The van der Waals surface area contributed by atoms with Crippen LogP contribution in [0.25, 0.3) is 0 Å². The lowest BCUT2D eigenvalue weighted by molar-refractivity contribution is -0.167. The number of amides is 1. The number of carbonyl (C=O) groups is 1. The highest BCUT2D eigenvalue weighted by atomic mass is 19.4. The Morgan fingerprint density at radius 1 is 1.30 bits per heavy atom. The first-order valence-corrected chi connectivity index (χ1v) is 6.41. The largest absolute Gasteiger partial charge is 0.475 e. The number of para-hydroxylation sites is 1. The number of benzene rings is 1. The van der Waals surface area contributed by atoms with Crippen LogP contribution in [0.1, 0.15) is 0 Å². The summed E-state index contributed by atoms with van der Waals surface area (Å²) < 4.78 is 54.7. The molecule has 0 atom stereocenters. The molecule has 6 nitrogen and oxygen atoms in total. The third-order valence-electron chi connectivity index (χ3n) is 2.60. The highest BCUT2D eigenvalue weighted by Crippen LogP contribution is 2.19. The second-order valence-corrected chi connectivity index (χ2v) is 4.33. The normalized spacial score (nSPS) is 11.1. The van der Waals surface area contributed by atoms with Crippen LogP contribution >= 0.6 is 0 Å². The third kappa shape index (κ3) is 4.87. The molecule has 1 heterocycles. The molecule has 1 amide bonds. The number of alkyl halides is 3. The summed E-state index contributed by atoms with van der Waals surface area (Å²) in [4.78, 5) is 10.7. The van der Waals surface area contributed by atoms with Gasteiger partial charge in [0.1, 0.15) is 18.2 Å². The van der Waals surface area contributed by atoms with Crippen molar-refractivity contribution < 1.29 is 27.1 Å². The molecule has 0 bridgehead atoms. The molecule has 0 unspecified atom stereocenters. The van der Waals surface area contributed by atoms with E-state index in [0.29, 0.717) is 5.69 Å². The first-order chi connectivity index (χ1) is 10.9. The number of halogens is 4. The number of aromatic nitrogens is 2. The lowest BCUT2D eigenvalue weighted by atomic mass is 10.3. The minimum atomic E-state index is -4.99. The van der Waals surface area contributed by atoms with Crippen molar-refractivity contribution in [2.75, 3.05) is 23.8 Å². The highest BCUT2D eigenvalue weighted by molar-refractivity contribution is 5.94. The van der Waals surface area contributed by atoms with Crippen molar-refractivity contribution in [3.8, 4) is 5.88 Å². The van der Waals surface area contributed by atoms with Crippen molar-refractivity contribution in [2.45, 2.75) is 6.18 Å². The number of anilines is 2. The van der Waals surface area contributed by atoms with Gasteiger partial charge in [-0.3, -0.25) is 9.89 Å². The van der Waals surface area contributed by atoms with Gasteiger partial charge >= 0.3 is 12.1 Å². The van der Waals surface area contributed by atoms with Crippen LogP contribution in [0.4, 0.5) is 29.1 Å². The molecule has 2 aromatic rings. The Bertz CT molecular complexity index is 672. The van der Waals surface area contributed by atoms with E-state index in [1.165, 1.54) is 6.07 Å². The quantitative estimate of drug-likeness (QED) is 0.561. The second kappa shape index (κ2) is 6.99. The average molecular weight is 332 g/mol. The molecule has 2 rings (SSSR count). The van der Waals surface area contributed by atoms with Gasteiger partial charge in [0, 0.05) is 12.6 Å². The number of carbonyl (C=O) groups excluding carboxylic acids is 1. The van der Waals surface area contributed by atoms with Crippen LogP contribution in [0.2, 0.25) is 0 Å². The van der Waals surface area contributed by atoms with Gasteiger partial charge in [0.15, 0.2) is 0 Å². The number of H-pyrrole nitrogens is 1. The van der Waals surface area contributed by atoms with E-state index in [-0.39, 0.29) is 24.8 Å². The molecule has 0 aliphatic carbocycles. The van der Waals surface area contributed by atoms with Gasteiger partial charge in [0.25, 0.3) is 0 Å². The van der Waals surface area contributed by atoms with E-state index in [9.17, 15) is 22.4 Å². The Labute approximate surface area is 127 Å². The minimum absolute atomic E-state index is 0.00203. The zero-order chi connectivity index (χ0) is 16.9. The number of ether oxygens (including phenoxy) is 1. The van der Waals surface area contributed by atoms with Crippen LogP contribution in [0.15, 0.2) is 30.3 Å². The fourth-order valence-corrected chi connectivity index (χ4v) is 1.58. The molecule has 0 saturated carbocycles.